The lowest BCUT2D eigenvalue weighted by molar-refractivity contribution is 0.111. The summed E-state index contributed by atoms with van der Waals surface area (Å²) >= 11 is 0. The zero-order chi connectivity index (χ0) is 15.5. The predicted molar refractivity (Wildman–Crippen MR) is 76.3 cm³/mol. The van der Waals surface area contributed by atoms with E-state index in [-0.39, 0.29) is 23.9 Å². The minimum absolute atomic E-state index is 0.125. The number of rotatable bonds is 4. The molecule has 3 aromatic rings. The number of halogens is 2. The number of carbonyl (C=O) groups is 1. The number of nitrogens with zero attached hydrogens (tertiary/aromatic N) is 3. The fourth-order valence-electron chi connectivity index (χ4n) is 2.21. The van der Waals surface area contributed by atoms with Gasteiger partial charge < -0.3 is 0 Å². The molecule has 1 aromatic heterocycles. The lowest BCUT2D eigenvalue weighted by atomic mass is 10.1. The summed E-state index contributed by atoms with van der Waals surface area (Å²) in [5.74, 6) is -0.750. The molecule has 6 heteroatoms. The third-order valence-corrected chi connectivity index (χ3v) is 3.27. The largest absolute Gasteiger partial charge is 0.296 e. The van der Waals surface area contributed by atoms with Gasteiger partial charge in [-0.2, -0.15) is 0 Å². The summed E-state index contributed by atoms with van der Waals surface area (Å²) in [5.41, 5.74) is 1.57. The van der Waals surface area contributed by atoms with E-state index in [0.29, 0.717) is 23.1 Å². The number of hydrogen-bond donors (Lipinski definition) is 0. The van der Waals surface area contributed by atoms with Gasteiger partial charge in [-0.15, -0.1) is 5.10 Å². The smallest absolute Gasteiger partial charge is 0.172 e. The van der Waals surface area contributed by atoms with Crippen molar-refractivity contribution in [3.8, 4) is 11.3 Å². The van der Waals surface area contributed by atoms with Crippen molar-refractivity contribution in [2.24, 2.45) is 0 Å². The Labute approximate surface area is 125 Å². The molecule has 0 amide bonds. The van der Waals surface area contributed by atoms with E-state index in [0.717, 1.165) is 0 Å². The van der Waals surface area contributed by atoms with Crippen molar-refractivity contribution in [1.82, 2.24) is 15.0 Å². The summed E-state index contributed by atoms with van der Waals surface area (Å²) in [7, 11) is 0. The quantitative estimate of drug-likeness (QED) is 0.696. The molecule has 0 atom stereocenters. The maximum absolute atomic E-state index is 13.8. The van der Waals surface area contributed by atoms with Gasteiger partial charge in [-0.1, -0.05) is 23.4 Å². The van der Waals surface area contributed by atoms with E-state index in [1.807, 2.05) is 0 Å². The number of benzene rings is 2. The summed E-state index contributed by atoms with van der Waals surface area (Å²) in [6.45, 7) is 0.125. The molecule has 3 rings (SSSR count). The van der Waals surface area contributed by atoms with E-state index < -0.39 is 0 Å². The molecule has 0 saturated carbocycles. The molecule has 0 aliphatic carbocycles. The summed E-state index contributed by atoms with van der Waals surface area (Å²) in [5, 5.41) is 7.69. The van der Waals surface area contributed by atoms with Crippen molar-refractivity contribution < 1.29 is 13.6 Å². The van der Waals surface area contributed by atoms with Crippen LogP contribution in [0.15, 0.2) is 48.5 Å². The van der Waals surface area contributed by atoms with E-state index >= 15 is 0 Å². The Balaban J connectivity index is 2.06. The molecule has 110 valence electrons. The Bertz CT molecular complexity index is 813. The second kappa shape index (κ2) is 5.85. The molecule has 0 saturated heterocycles. The number of aromatic nitrogens is 3. The van der Waals surface area contributed by atoms with Gasteiger partial charge in [0.05, 0.1) is 12.2 Å². The van der Waals surface area contributed by atoms with Crippen molar-refractivity contribution in [2.75, 3.05) is 0 Å². The van der Waals surface area contributed by atoms with Crippen LogP contribution in [0.25, 0.3) is 11.3 Å². The molecule has 4 nitrogen and oxygen atoms in total. The van der Waals surface area contributed by atoms with E-state index in [2.05, 4.69) is 10.3 Å². The Morgan fingerprint density at radius 2 is 1.77 bits per heavy atom. The topological polar surface area (TPSA) is 47.8 Å². The molecule has 0 radical (unpaired) electrons. The van der Waals surface area contributed by atoms with Crippen LogP contribution in [0.3, 0.4) is 0 Å². The van der Waals surface area contributed by atoms with Crippen LogP contribution in [0.4, 0.5) is 8.78 Å². The highest BCUT2D eigenvalue weighted by Crippen LogP contribution is 2.23. The van der Waals surface area contributed by atoms with Crippen molar-refractivity contribution >= 4 is 6.29 Å². The fourth-order valence-corrected chi connectivity index (χ4v) is 2.21. The van der Waals surface area contributed by atoms with Gasteiger partial charge in [0.15, 0.2) is 12.0 Å². The van der Waals surface area contributed by atoms with Crippen molar-refractivity contribution in [2.45, 2.75) is 6.54 Å². The number of carbonyl (C=O) groups excluding carboxylic acids is 1. The molecule has 0 aliphatic rings. The van der Waals surface area contributed by atoms with E-state index in [4.69, 9.17) is 0 Å². The Kier molecular flexibility index (Phi) is 3.74. The SMILES string of the molecule is O=Cc1nnn(Cc2ccccc2F)c1-c1ccc(F)cc1. The first-order chi connectivity index (χ1) is 10.7. The van der Waals surface area contributed by atoms with Crippen molar-refractivity contribution in [1.29, 1.82) is 0 Å². The normalized spacial score (nSPS) is 10.6. The molecule has 0 aliphatic heterocycles. The predicted octanol–water partition coefficient (Wildman–Crippen LogP) is 3.08. The van der Waals surface area contributed by atoms with Crippen LogP contribution in [0.1, 0.15) is 16.1 Å². The van der Waals surface area contributed by atoms with Crippen molar-refractivity contribution in [3.05, 3.63) is 71.4 Å². The number of aldehydes is 1. The second-order valence-corrected chi connectivity index (χ2v) is 4.70. The van der Waals surface area contributed by atoms with Crippen molar-refractivity contribution in [3.63, 3.8) is 0 Å². The average molecular weight is 299 g/mol. The Morgan fingerprint density at radius 1 is 1.05 bits per heavy atom. The lowest BCUT2D eigenvalue weighted by Crippen LogP contribution is -2.06. The van der Waals surface area contributed by atoms with Gasteiger partial charge in [-0.05, 0) is 30.3 Å². The van der Waals surface area contributed by atoms with Crippen LogP contribution < -0.4 is 0 Å². The monoisotopic (exact) mass is 299 g/mol. The van der Waals surface area contributed by atoms with Gasteiger partial charge >= 0.3 is 0 Å². The van der Waals surface area contributed by atoms with Gasteiger partial charge in [0.1, 0.15) is 11.6 Å². The summed E-state index contributed by atoms with van der Waals surface area (Å²) in [4.78, 5) is 11.1. The highest BCUT2D eigenvalue weighted by molar-refractivity contribution is 5.83. The zero-order valence-corrected chi connectivity index (χ0v) is 11.4. The summed E-state index contributed by atoms with van der Waals surface area (Å²) in [6, 6.07) is 11.9. The third-order valence-electron chi connectivity index (χ3n) is 3.27. The maximum Gasteiger partial charge on any atom is 0.172 e. The second-order valence-electron chi connectivity index (χ2n) is 4.70. The van der Waals surface area contributed by atoms with Gasteiger partial charge in [0.2, 0.25) is 0 Å². The molecule has 0 fully saturated rings. The van der Waals surface area contributed by atoms with Crippen LogP contribution in [0.2, 0.25) is 0 Å². The minimum Gasteiger partial charge on any atom is -0.296 e. The highest BCUT2D eigenvalue weighted by Gasteiger charge is 2.15. The number of hydrogen-bond acceptors (Lipinski definition) is 3. The zero-order valence-electron chi connectivity index (χ0n) is 11.4. The molecule has 0 unspecified atom stereocenters. The van der Waals surface area contributed by atoms with Gasteiger partial charge in [-0.3, -0.25) is 4.79 Å². The Hall–Kier alpha value is -2.89. The maximum atomic E-state index is 13.8. The minimum atomic E-state index is -0.385. The average Bonchev–Trinajstić information content (AvgIpc) is 2.93. The summed E-state index contributed by atoms with van der Waals surface area (Å²) < 4.78 is 28.3. The van der Waals surface area contributed by atoms with Crippen LogP contribution in [0.5, 0.6) is 0 Å². The van der Waals surface area contributed by atoms with Gasteiger partial charge in [0.25, 0.3) is 0 Å². The molecule has 22 heavy (non-hydrogen) atoms. The highest BCUT2D eigenvalue weighted by atomic mass is 19.1. The van der Waals surface area contributed by atoms with Crippen LogP contribution in [-0.2, 0) is 6.54 Å². The first-order valence-electron chi connectivity index (χ1n) is 6.57. The van der Waals surface area contributed by atoms with Crippen LogP contribution in [-0.4, -0.2) is 21.3 Å². The molecule has 0 N–H and O–H groups in total. The Morgan fingerprint density at radius 3 is 2.45 bits per heavy atom. The first-order valence-corrected chi connectivity index (χ1v) is 6.57. The van der Waals surface area contributed by atoms with Crippen LogP contribution >= 0.6 is 0 Å². The van der Waals surface area contributed by atoms with Crippen LogP contribution in [0, 0.1) is 11.6 Å². The molecule has 0 bridgehead atoms. The molecule has 0 spiro atoms. The van der Waals surface area contributed by atoms with Gasteiger partial charge in [-0.25, -0.2) is 13.5 Å². The standard InChI is InChI=1S/C16H11F2N3O/c17-13-7-5-11(6-8-13)16-15(10-22)19-20-21(16)9-12-3-1-2-4-14(12)18/h1-8,10H,9H2. The van der Waals surface area contributed by atoms with E-state index in [9.17, 15) is 13.6 Å². The van der Waals surface area contributed by atoms with E-state index in [1.165, 1.54) is 35.0 Å². The molecular weight excluding hydrogens is 288 g/mol. The summed E-state index contributed by atoms with van der Waals surface area (Å²) in [6.07, 6.45) is 0.573. The molecular formula is C16H11F2N3O. The van der Waals surface area contributed by atoms with Gasteiger partial charge in [0, 0.05) is 11.1 Å². The first kappa shape index (κ1) is 14.1. The molecule has 2 aromatic carbocycles. The van der Waals surface area contributed by atoms with E-state index in [1.54, 1.807) is 18.2 Å². The molecule has 1 heterocycles. The lowest BCUT2D eigenvalue weighted by Gasteiger charge is -2.08. The third kappa shape index (κ3) is 2.63. The fraction of sp³-hybridized carbons (Fsp3) is 0.0625.